The molecular weight excluding hydrogens is 208 g/mol. The third kappa shape index (κ3) is 2.02. The Hall–Kier alpha value is -1.55. The van der Waals surface area contributed by atoms with Crippen molar-refractivity contribution in [2.75, 3.05) is 13.9 Å². The van der Waals surface area contributed by atoms with Gasteiger partial charge in [-0.25, -0.2) is 0 Å². The Morgan fingerprint density at radius 1 is 1.44 bits per heavy atom. The standard InChI is InChI=1S/C12H14O4/c1-8(13)5-10-9(6-14-2)3-4-11-12(10)16-7-15-11/h3-4H,5-7H2,1-2H3. The van der Waals surface area contributed by atoms with E-state index in [-0.39, 0.29) is 12.6 Å². The number of benzene rings is 1. The van der Waals surface area contributed by atoms with Crippen molar-refractivity contribution in [3.05, 3.63) is 23.3 Å². The molecule has 0 saturated carbocycles. The number of ketones is 1. The Balaban J connectivity index is 2.42. The zero-order valence-corrected chi connectivity index (χ0v) is 9.41. The monoisotopic (exact) mass is 222 g/mol. The Morgan fingerprint density at radius 3 is 2.94 bits per heavy atom. The number of fused-ring (bicyclic) bond motifs is 1. The van der Waals surface area contributed by atoms with Crippen LogP contribution in [0.4, 0.5) is 0 Å². The van der Waals surface area contributed by atoms with E-state index in [9.17, 15) is 4.79 Å². The van der Waals surface area contributed by atoms with Crippen LogP contribution in [0, 0.1) is 0 Å². The van der Waals surface area contributed by atoms with Crippen molar-refractivity contribution in [2.24, 2.45) is 0 Å². The lowest BCUT2D eigenvalue weighted by molar-refractivity contribution is -0.116. The predicted molar refractivity (Wildman–Crippen MR) is 57.7 cm³/mol. The SMILES string of the molecule is COCc1ccc2c(c1CC(C)=O)OCO2. The summed E-state index contributed by atoms with van der Waals surface area (Å²) < 4.78 is 15.8. The number of hydrogen-bond acceptors (Lipinski definition) is 4. The van der Waals surface area contributed by atoms with Crippen LogP contribution in [0.5, 0.6) is 11.5 Å². The van der Waals surface area contributed by atoms with Gasteiger partial charge in [0.1, 0.15) is 5.78 Å². The van der Waals surface area contributed by atoms with Crippen LogP contribution in [0.2, 0.25) is 0 Å². The molecule has 0 spiro atoms. The molecule has 86 valence electrons. The Bertz CT molecular complexity index is 412. The van der Waals surface area contributed by atoms with Crippen LogP contribution < -0.4 is 9.47 Å². The summed E-state index contributed by atoms with van der Waals surface area (Å²) in [7, 11) is 1.63. The maximum absolute atomic E-state index is 11.2. The smallest absolute Gasteiger partial charge is 0.231 e. The van der Waals surface area contributed by atoms with E-state index in [4.69, 9.17) is 14.2 Å². The van der Waals surface area contributed by atoms with Gasteiger partial charge in [-0.05, 0) is 18.6 Å². The van der Waals surface area contributed by atoms with Gasteiger partial charge >= 0.3 is 0 Å². The minimum Gasteiger partial charge on any atom is -0.454 e. The van der Waals surface area contributed by atoms with E-state index in [1.54, 1.807) is 14.0 Å². The second kappa shape index (κ2) is 4.53. The predicted octanol–water partition coefficient (Wildman–Crippen LogP) is 1.69. The molecule has 1 aromatic rings. The van der Waals surface area contributed by atoms with Gasteiger partial charge < -0.3 is 14.2 Å². The largest absolute Gasteiger partial charge is 0.454 e. The molecule has 16 heavy (non-hydrogen) atoms. The summed E-state index contributed by atoms with van der Waals surface area (Å²) in [4.78, 5) is 11.2. The highest BCUT2D eigenvalue weighted by atomic mass is 16.7. The lowest BCUT2D eigenvalue weighted by atomic mass is 10.0. The molecule has 0 aromatic heterocycles. The van der Waals surface area contributed by atoms with Gasteiger partial charge in [0.05, 0.1) is 6.61 Å². The summed E-state index contributed by atoms with van der Waals surface area (Å²) in [6.45, 7) is 2.25. The number of Topliss-reactive ketones (excluding diaryl/α,β-unsaturated/α-hetero) is 1. The number of carbonyl (C=O) groups is 1. The van der Waals surface area contributed by atoms with Gasteiger partial charge in [-0.1, -0.05) is 6.07 Å². The Labute approximate surface area is 94.1 Å². The van der Waals surface area contributed by atoms with Gasteiger partial charge in [-0.2, -0.15) is 0 Å². The summed E-state index contributed by atoms with van der Waals surface area (Å²) in [5, 5.41) is 0. The fourth-order valence-corrected chi connectivity index (χ4v) is 1.80. The molecule has 0 unspecified atom stereocenters. The fraction of sp³-hybridized carbons (Fsp3) is 0.417. The third-order valence-electron chi connectivity index (χ3n) is 2.46. The van der Waals surface area contributed by atoms with Gasteiger partial charge in [-0.3, -0.25) is 4.79 Å². The normalized spacial score (nSPS) is 12.9. The molecule has 1 aliphatic rings. The third-order valence-corrected chi connectivity index (χ3v) is 2.46. The van der Waals surface area contributed by atoms with Crippen LogP contribution in [0.25, 0.3) is 0 Å². The maximum atomic E-state index is 11.2. The molecule has 0 saturated heterocycles. The molecule has 2 rings (SSSR count). The highest BCUT2D eigenvalue weighted by Gasteiger charge is 2.21. The first-order chi connectivity index (χ1) is 7.72. The molecule has 1 aromatic carbocycles. The highest BCUT2D eigenvalue weighted by molar-refractivity contribution is 5.80. The number of methoxy groups -OCH3 is 1. The zero-order chi connectivity index (χ0) is 11.5. The highest BCUT2D eigenvalue weighted by Crippen LogP contribution is 2.38. The lowest BCUT2D eigenvalue weighted by Crippen LogP contribution is -2.04. The average Bonchev–Trinajstić information content (AvgIpc) is 2.69. The summed E-state index contributed by atoms with van der Waals surface area (Å²) in [6, 6.07) is 3.76. The number of hydrogen-bond donors (Lipinski definition) is 0. The zero-order valence-electron chi connectivity index (χ0n) is 9.41. The summed E-state index contributed by atoms with van der Waals surface area (Å²) in [5.41, 5.74) is 1.85. The molecular formula is C12H14O4. The van der Waals surface area contributed by atoms with Crippen molar-refractivity contribution in [1.82, 2.24) is 0 Å². The molecule has 4 nitrogen and oxygen atoms in total. The number of carbonyl (C=O) groups excluding carboxylic acids is 1. The van der Waals surface area contributed by atoms with E-state index in [1.165, 1.54) is 0 Å². The van der Waals surface area contributed by atoms with Crippen LogP contribution in [0.1, 0.15) is 18.1 Å². The van der Waals surface area contributed by atoms with Crippen molar-refractivity contribution in [3.63, 3.8) is 0 Å². The first-order valence-corrected chi connectivity index (χ1v) is 5.11. The molecule has 0 bridgehead atoms. The fourth-order valence-electron chi connectivity index (χ4n) is 1.80. The molecule has 0 atom stereocenters. The summed E-state index contributed by atoms with van der Waals surface area (Å²) in [6.07, 6.45) is 0.352. The second-order valence-electron chi connectivity index (χ2n) is 3.75. The van der Waals surface area contributed by atoms with Gasteiger partial charge in [0, 0.05) is 19.1 Å². The van der Waals surface area contributed by atoms with Gasteiger partial charge in [0.25, 0.3) is 0 Å². The molecule has 0 amide bonds. The minimum absolute atomic E-state index is 0.0984. The molecule has 0 radical (unpaired) electrons. The van der Waals surface area contributed by atoms with Gasteiger partial charge in [-0.15, -0.1) is 0 Å². The van der Waals surface area contributed by atoms with E-state index >= 15 is 0 Å². The van der Waals surface area contributed by atoms with Crippen molar-refractivity contribution < 1.29 is 19.0 Å². The van der Waals surface area contributed by atoms with E-state index in [0.717, 1.165) is 11.1 Å². The Kier molecular flexibility index (Phi) is 3.10. The van der Waals surface area contributed by atoms with E-state index in [1.807, 2.05) is 12.1 Å². The van der Waals surface area contributed by atoms with Gasteiger partial charge in [0.2, 0.25) is 6.79 Å². The van der Waals surface area contributed by atoms with Crippen molar-refractivity contribution in [2.45, 2.75) is 20.0 Å². The lowest BCUT2D eigenvalue weighted by Gasteiger charge is -2.10. The van der Waals surface area contributed by atoms with Crippen LogP contribution in [-0.2, 0) is 22.6 Å². The quantitative estimate of drug-likeness (QED) is 0.777. The second-order valence-corrected chi connectivity index (χ2v) is 3.75. The first kappa shape index (κ1) is 11.0. The van der Waals surface area contributed by atoms with E-state index < -0.39 is 0 Å². The van der Waals surface area contributed by atoms with Crippen LogP contribution in [0.3, 0.4) is 0 Å². The number of ether oxygens (including phenoxy) is 3. The van der Waals surface area contributed by atoms with E-state index in [0.29, 0.717) is 24.5 Å². The molecule has 0 aliphatic carbocycles. The first-order valence-electron chi connectivity index (χ1n) is 5.11. The summed E-state index contributed by atoms with van der Waals surface area (Å²) in [5.74, 6) is 1.49. The van der Waals surface area contributed by atoms with Crippen molar-refractivity contribution in [1.29, 1.82) is 0 Å². The summed E-state index contributed by atoms with van der Waals surface area (Å²) >= 11 is 0. The van der Waals surface area contributed by atoms with Crippen molar-refractivity contribution >= 4 is 5.78 Å². The molecule has 0 N–H and O–H groups in total. The molecule has 1 aliphatic heterocycles. The Morgan fingerprint density at radius 2 is 2.25 bits per heavy atom. The topological polar surface area (TPSA) is 44.8 Å². The molecule has 0 fully saturated rings. The maximum Gasteiger partial charge on any atom is 0.231 e. The molecule has 1 heterocycles. The van der Waals surface area contributed by atoms with Crippen LogP contribution in [-0.4, -0.2) is 19.7 Å². The average molecular weight is 222 g/mol. The van der Waals surface area contributed by atoms with Gasteiger partial charge in [0.15, 0.2) is 11.5 Å². The van der Waals surface area contributed by atoms with Crippen molar-refractivity contribution in [3.8, 4) is 11.5 Å². The molecule has 4 heteroatoms. The number of rotatable bonds is 4. The van der Waals surface area contributed by atoms with Crippen LogP contribution >= 0.6 is 0 Å². The van der Waals surface area contributed by atoms with Crippen LogP contribution in [0.15, 0.2) is 12.1 Å². The minimum atomic E-state index is 0.0984. The van der Waals surface area contributed by atoms with E-state index in [2.05, 4.69) is 0 Å².